The summed E-state index contributed by atoms with van der Waals surface area (Å²) in [5.41, 5.74) is 6.28. The Labute approximate surface area is 105 Å². The number of nitrogens with zero attached hydrogens (tertiary/aromatic N) is 2. The first kappa shape index (κ1) is 12.5. The first-order chi connectivity index (χ1) is 8.56. The van der Waals surface area contributed by atoms with Crippen molar-refractivity contribution in [2.24, 2.45) is 5.73 Å². The Morgan fingerprint density at radius 1 is 1.50 bits per heavy atom. The molecule has 0 bridgehead atoms. The van der Waals surface area contributed by atoms with Crippen LogP contribution in [0.4, 0.5) is 5.82 Å². The summed E-state index contributed by atoms with van der Waals surface area (Å²) in [5, 5.41) is 2.55. The summed E-state index contributed by atoms with van der Waals surface area (Å²) >= 11 is 0. The minimum atomic E-state index is -0.188. The second-order valence-electron chi connectivity index (χ2n) is 4.41. The van der Waals surface area contributed by atoms with Crippen molar-refractivity contribution < 1.29 is 9.59 Å². The van der Waals surface area contributed by atoms with Gasteiger partial charge in [0, 0.05) is 32.3 Å². The molecule has 0 aliphatic carbocycles. The number of nitrogens with two attached hydrogens (primary N) is 1. The van der Waals surface area contributed by atoms with E-state index in [9.17, 15) is 9.59 Å². The molecule has 1 aliphatic rings. The van der Waals surface area contributed by atoms with Crippen molar-refractivity contribution in [2.45, 2.75) is 19.4 Å². The van der Waals surface area contributed by atoms with Gasteiger partial charge in [0.1, 0.15) is 5.82 Å². The topological polar surface area (TPSA) is 88.3 Å². The summed E-state index contributed by atoms with van der Waals surface area (Å²) in [7, 11) is 0. The number of hydrogen-bond donors (Lipinski definition) is 2. The smallest absolute Gasteiger partial charge is 0.255 e. The van der Waals surface area contributed by atoms with E-state index in [1.54, 1.807) is 17.0 Å². The zero-order valence-corrected chi connectivity index (χ0v) is 10.2. The molecule has 2 rings (SSSR count). The second kappa shape index (κ2) is 5.14. The molecular weight excluding hydrogens is 232 g/mol. The summed E-state index contributed by atoms with van der Waals surface area (Å²) in [6.45, 7) is 2.69. The zero-order valence-electron chi connectivity index (χ0n) is 10.2. The summed E-state index contributed by atoms with van der Waals surface area (Å²) in [6.07, 6.45) is 2.31. The van der Waals surface area contributed by atoms with Crippen LogP contribution in [-0.2, 0) is 4.79 Å². The Bertz CT molecular complexity index is 458. The number of nitrogens with one attached hydrogen (secondary N) is 1. The van der Waals surface area contributed by atoms with Crippen molar-refractivity contribution in [1.82, 2.24) is 9.88 Å². The monoisotopic (exact) mass is 248 g/mol. The third-order valence-electron chi connectivity index (χ3n) is 2.83. The van der Waals surface area contributed by atoms with Gasteiger partial charge in [-0.05, 0) is 18.6 Å². The molecule has 6 nitrogen and oxygen atoms in total. The van der Waals surface area contributed by atoms with Crippen LogP contribution in [0.2, 0.25) is 0 Å². The molecule has 18 heavy (non-hydrogen) atoms. The Morgan fingerprint density at radius 2 is 2.28 bits per heavy atom. The van der Waals surface area contributed by atoms with Gasteiger partial charge in [-0.3, -0.25) is 9.59 Å². The van der Waals surface area contributed by atoms with Crippen molar-refractivity contribution in [3.63, 3.8) is 0 Å². The minimum Gasteiger partial charge on any atom is -0.337 e. The van der Waals surface area contributed by atoms with Crippen LogP contribution >= 0.6 is 0 Å². The molecule has 1 atom stereocenters. The molecule has 0 saturated carbocycles. The van der Waals surface area contributed by atoms with E-state index in [1.807, 2.05) is 0 Å². The molecule has 2 heterocycles. The zero-order chi connectivity index (χ0) is 13.1. The lowest BCUT2D eigenvalue weighted by Crippen LogP contribution is -2.31. The number of hydrogen-bond acceptors (Lipinski definition) is 4. The van der Waals surface area contributed by atoms with Crippen molar-refractivity contribution >= 4 is 17.6 Å². The third-order valence-corrected chi connectivity index (χ3v) is 2.83. The number of carbonyl (C=O) groups is 2. The van der Waals surface area contributed by atoms with Crippen LogP contribution < -0.4 is 11.1 Å². The molecule has 1 fully saturated rings. The highest BCUT2D eigenvalue weighted by molar-refractivity contribution is 5.94. The number of likely N-dealkylation sites (tertiary alicyclic amines) is 1. The number of amides is 2. The lowest BCUT2D eigenvalue weighted by Gasteiger charge is -2.15. The highest BCUT2D eigenvalue weighted by Crippen LogP contribution is 2.13. The van der Waals surface area contributed by atoms with Crippen LogP contribution in [0.1, 0.15) is 23.7 Å². The molecule has 1 saturated heterocycles. The standard InChI is InChI=1S/C12H16N4O2/c1-8(17)15-11-3-2-9(6-14-11)12(18)16-5-4-10(13)7-16/h2-3,6,10H,4-5,7,13H2,1H3,(H,14,15,17). The highest BCUT2D eigenvalue weighted by Gasteiger charge is 2.24. The molecule has 96 valence electrons. The van der Waals surface area contributed by atoms with Crippen molar-refractivity contribution in [3.8, 4) is 0 Å². The largest absolute Gasteiger partial charge is 0.337 e. The fourth-order valence-corrected chi connectivity index (χ4v) is 1.93. The molecular formula is C12H16N4O2. The van der Waals surface area contributed by atoms with Crippen LogP contribution in [0, 0.1) is 0 Å². The van der Waals surface area contributed by atoms with E-state index in [4.69, 9.17) is 5.73 Å². The van der Waals surface area contributed by atoms with E-state index in [1.165, 1.54) is 13.1 Å². The van der Waals surface area contributed by atoms with Crippen molar-refractivity contribution in [3.05, 3.63) is 23.9 Å². The fraction of sp³-hybridized carbons (Fsp3) is 0.417. The molecule has 0 aromatic carbocycles. The van der Waals surface area contributed by atoms with Gasteiger partial charge in [0.25, 0.3) is 5.91 Å². The van der Waals surface area contributed by atoms with Crippen molar-refractivity contribution in [2.75, 3.05) is 18.4 Å². The summed E-state index contributed by atoms with van der Waals surface area (Å²) in [4.78, 5) is 28.6. The Hall–Kier alpha value is -1.95. The molecule has 0 spiro atoms. The first-order valence-electron chi connectivity index (χ1n) is 5.85. The molecule has 1 unspecified atom stereocenters. The number of carbonyl (C=O) groups excluding carboxylic acids is 2. The summed E-state index contributed by atoms with van der Waals surface area (Å²) in [6, 6.07) is 3.34. The van der Waals surface area contributed by atoms with Gasteiger partial charge >= 0.3 is 0 Å². The molecule has 6 heteroatoms. The maximum Gasteiger partial charge on any atom is 0.255 e. The molecule has 1 aromatic heterocycles. The van der Waals surface area contributed by atoms with Crippen LogP contribution in [0.25, 0.3) is 0 Å². The summed E-state index contributed by atoms with van der Waals surface area (Å²) in [5.74, 6) is 0.189. The molecule has 3 N–H and O–H groups in total. The average Bonchev–Trinajstić information content (AvgIpc) is 2.75. The molecule has 1 aliphatic heterocycles. The van der Waals surface area contributed by atoms with Gasteiger partial charge in [0.05, 0.1) is 5.56 Å². The number of pyridine rings is 1. The van der Waals surface area contributed by atoms with Gasteiger partial charge in [-0.2, -0.15) is 0 Å². The predicted molar refractivity (Wildman–Crippen MR) is 67.0 cm³/mol. The molecule has 0 radical (unpaired) electrons. The van der Waals surface area contributed by atoms with Gasteiger partial charge < -0.3 is 16.0 Å². The number of rotatable bonds is 2. The van der Waals surface area contributed by atoms with Crippen LogP contribution in [0.3, 0.4) is 0 Å². The van der Waals surface area contributed by atoms with E-state index >= 15 is 0 Å². The van der Waals surface area contributed by atoms with Gasteiger partial charge in [0.15, 0.2) is 0 Å². The Kier molecular flexibility index (Phi) is 3.57. The van der Waals surface area contributed by atoms with E-state index in [2.05, 4.69) is 10.3 Å². The minimum absolute atomic E-state index is 0.0650. The Morgan fingerprint density at radius 3 is 2.78 bits per heavy atom. The summed E-state index contributed by atoms with van der Waals surface area (Å²) < 4.78 is 0. The van der Waals surface area contributed by atoms with Crippen LogP contribution in [-0.4, -0.2) is 40.8 Å². The van der Waals surface area contributed by atoms with Gasteiger partial charge in [-0.25, -0.2) is 4.98 Å². The van der Waals surface area contributed by atoms with E-state index in [-0.39, 0.29) is 17.9 Å². The van der Waals surface area contributed by atoms with Gasteiger partial charge in [-0.1, -0.05) is 0 Å². The third kappa shape index (κ3) is 2.84. The molecule has 2 amide bonds. The lowest BCUT2D eigenvalue weighted by molar-refractivity contribution is -0.114. The van der Waals surface area contributed by atoms with E-state index in [0.29, 0.717) is 24.5 Å². The van der Waals surface area contributed by atoms with Crippen LogP contribution in [0.5, 0.6) is 0 Å². The first-order valence-corrected chi connectivity index (χ1v) is 5.85. The van der Waals surface area contributed by atoms with E-state index < -0.39 is 0 Å². The quantitative estimate of drug-likeness (QED) is 0.783. The second-order valence-corrected chi connectivity index (χ2v) is 4.41. The van der Waals surface area contributed by atoms with Gasteiger partial charge in [0.2, 0.25) is 5.91 Å². The SMILES string of the molecule is CC(=O)Nc1ccc(C(=O)N2CCC(N)C2)cn1. The lowest BCUT2D eigenvalue weighted by atomic mass is 10.2. The number of aromatic nitrogens is 1. The van der Waals surface area contributed by atoms with Gasteiger partial charge in [-0.15, -0.1) is 0 Å². The van der Waals surface area contributed by atoms with Crippen molar-refractivity contribution in [1.29, 1.82) is 0 Å². The fourth-order valence-electron chi connectivity index (χ4n) is 1.93. The normalized spacial score (nSPS) is 18.8. The maximum atomic E-state index is 12.1. The average molecular weight is 248 g/mol. The van der Waals surface area contributed by atoms with E-state index in [0.717, 1.165) is 6.42 Å². The number of anilines is 1. The Balaban J connectivity index is 2.05. The highest BCUT2D eigenvalue weighted by atomic mass is 16.2. The van der Waals surface area contributed by atoms with Crippen LogP contribution in [0.15, 0.2) is 18.3 Å². The molecule has 1 aromatic rings. The predicted octanol–water partition coefficient (Wildman–Crippen LogP) is 0.213. The maximum absolute atomic E-state index is 12.1.